The van der Waals surface area contributed by atoms with Gasteiger partial charge in [-0.25, -0.2) is 0 Å². The van der Waals surface area contributed by atoms with E-state index in [1.54, 1.807) is 0 Å². The Hall–Kier alpha value is -0.720. The summed E-state index contributed by atoms with van der Waals surface area (Å²) in [6.45, 7) is 4.30. The second-order valence-corrected chi connectivity index (χ2v) is 2.62. The van der Waals surface area contributed by atoms with Gasteiger partial charge < -0.3 is 4.74 Å². The van der Waals surface area contributed by atoms with Crippen molar-refractivity contribution in [3.8, 4) is 0 Å². The van der Waals surface area contributed by atoms with Crippen molar-refractivity contribution in [3.05, 3.63) is 25.0 Å². The van der Waals surface area contributed by atoms with Gasteiger partial charge in [-0.3, -0.25) is 0 Å². The van der Waals surface area contributed by atoms with Crippen molar-refractivity contribution in [2.75, 3.05) is 6.61 Å². The van der Waals surface area contributed by atoms with E-state index in [1.807, 2.05) is 0 Å². The fraction of sp³-hybridized carbons (Fsp3) is 0.556. The van der Waals surface area contributed by atoms with Crippen molar-refractivity contribution >= 4 is 0 Å². The molecule has 0 radical (unpaired) electrons. The molecule has 0 aromatic rings. The highest BCUT2D eigenvalue weighted by Crippen LogP contribution is 2.16. The molecule has 1 atom stereocenters. The lowest BCUT2D eigenvalue weighted by Gasteiger charge is -2.14. The molecule has 0 bridgehead atoms. The van der Waals surface area contributed by atoms with Crippen LogP contribution in [-0.2, 0) is 4.74 Å². The molecule has 0 saturated heterocycles. The zero-order valence-electron chi connectivity index (χ0n) is 6.25. The summed E-state index contributed by atoms with van der Waals surface area (Å²) in [4.78, 5) is 0. The highest BCUT2D eigenvalue weighted by atomic mass is 16.5. The highest BCUT2D eigenvalue weighted by Gasteiger charge is 2.06. The van der Waals surface area contributed by atoms with E-state index in [0.717, 1.165) is 6.61 Å². The normalized spacial score (nSPS) is 24.2. The van der Waals surface area contributed by atoms with E-state index in [4.69, 9.17) is 4.74 Å². The molecule has 1 unspecified atom stereocenters. The summed E-state index contributed by atoms with van der Waals surface area (Å²) in [5.74, 6) is 0.631. The highest BCUT2D eigenvalue weighted by molar-refractivity contribution is 4.92. The smallest absolute Gasteiger partial charge is 0.0935 e. The van der Waals surface area contributed by atoms with Gasteiger partial charge in [0, 0.05) is 5.92 Å². The van der Waals surface area contributed by atoms with Crippen LogP contribution in [-0.4, -0.2) is 6.61 Å². The summed E-state index contributed by atoms with van der Waals surface area (Å²) < 4.78 is 5.09. The Morgan fingerprint density at radius 2 is 2.60 bits per heavy atom. The molecule has 0 aromatic carbocycles. The maximum absolute atomic E-state index is 5.09. The van der Waals surface area contributed by atoms with E-state index in [1.165, 1.54) is 25.5 Å². The molecule has 1 heteroatoms. The van der Waals surface area contributed by atoms with Crippen molar-refractivity contribution in [1.29, 1.82) is 0 Å². The van der Waals surface area contributed by atoms with Crippen LogP contribution < -0.4 is 0 Å². The maximum Gasteiger partial charge on any atom is 0.0935 e. The van der Waals surface area contributed by atoms with Crippen LogP contribution in [0.5, 0.6) is 0 Å². The molecule has 1 aliphatic rings. The summed E-state index contributed by atoms with van der Waals surface area (Å²) >= 11 is 0. The molecule has 10 heavy (non-hydrogen) atoms. The van der Waals surface area contributed by atoms with Crippen LogP contribution >= 0.6 is 0 Å². The predicted octanol–water partition coefficient (Wildman–Crippen LogP) is 2.50. The van der Waals surface area contributed by atoms with Gasteiger partial charge in [0.1, 0.15) is 0 Å². The first-order valence-electron chi connectivity index (χ1n) is 3.82. The molecule has 56 valence electrons. The second-order valence-electron chi connectivity index (χ2n) is 2.62. The van der Waals surface area contributed by atoms with Gasteiger partial charge in [-0.15, -0.1) is 0 Å². The van der Waals surface area contributed by atoms with Crippen molar-refractivity contribution in [1.82, 2.24) is 0 Å². The molecule has 0 heterocycles. The van der Waals surface area contributed by atoms with Gasteiger partial charge in [0.25, 0.3) is 0 Å². The third-order valence-corrected chi connectivity index (χ3v) is 1.78. The summed E-state index contributed by atoms with van der Waals surface area (Å²) in [6.07, 6.45) is 9.81. The largest absolute Gasteiger partial charge is 0.501 e. The minimum atomic E-state index is 0.631. The van der Waals surface area contributed by atoms with Crippen LogP contribution in [0.15, 0.2) is 25.0 Å². The third kappa shape index (κ3) is 2.26. The molecule has 0 aromatic heterocycles. The molecular weight excluding hydrogens is 124 g/mol. The van der Waals surface area contributed by atoms with Gasteiger partial charge in [0.15, 0.2) is 0 Å². The average molecular weight is 138 g/mol. The van der Waals surface area contributed by atoms with Gasteiger partial charge in [-0.2, -0.15) is 0 Å². The van der Waals surface area contributed by atoms with Crippen LogP contribution in [0.1, 0.15) is 19.3 Å². The number of rotatable bonds is 3. The summed E-state index contributed by atoms with van der Waals surface area (Å²) in [5, 5.41) is 0. The molecule has 0 N–H and O–H groups in total. The van der Waals surface area contributed by atoms with Gasteiger partial charge in [0.2, 0.25) is 0 Å². The van der Waals surface area contributed by atoms with Crippen molar-refractivity contribution < 1.29 is 4.74 Å². The monoisotopic (exact) mass is 138 g/mol. The van der Waals surface area contributed by atoms with E-state index in [9.17, 15) is 0 Å². The van der Waals surface area contributed by atoms with E-state index < -0.39 is 0 Å². The summed E-state index contributed by atoms with van der Waals surface area (Å²) in [5.41, 5.74) is 0. The minimum absolute atomic E-state index is 0.631. The second kappa shape index (κ2) is 4.15. The van der Waals surface area contributed by atoms with Gasteiger partial charge in [-0.05, 0) is 19.3 Å². The molecular formula is C9H14O. The van der Waals surface area contributed by atoms with E-state index >= 15 is 0 Å². The molecule has 0 fully saturated rings. The molecule has 0 aliphatic heterocycles. The van der Waals surface area contributed by atoms with Crippen molar-refractivity contribution in [2.24, 2.45) is 5.92 Å². The lowest BCUT2D eigenvalue weighted by Crippen LogP contribution is -2.06. The minimum Gasteiger partial charge on any atom is -0.501 e. The van der Waals surface area contributed by atoms with Crippen molar-refractivity contribution in [3.63, 3.8) is 0 Å². The zero-order valence-corrected chi connectivity index (χ0v) is 6.25. The Bertz CT molecular complexity index is 127. The Kier molecular flexibility index (Phi) is 3.07. The third-order valence-electron chi connectivity index (χ3n) is 1.78. The summed E-state index contributed by atoms with van der Waals surface area (Å²) in [6, 6.07) is 0. The molecule has 0 amide bonds. The van der Waals surface area contributed by atoms with E-state index in [2.05, 4.69) is 18.7 Å². The lowest BCUT2D eigenvalue weighted by molar-refractivity contribution is 0.208. The molecule has 1 rings (SSSR count). The number of allylic oxidation sites excluding steroid dienone is 1. The first kappa shape index (κ1) is 7.39. The maximum atomic E-state index is 5.09. The molecule has 1 aliphatic carbocycles. The van der Waals surface area contributed by atoms with Crippen LogP contribution in [0, 0.1) is 5.92 Å². The molecule has 1 nitrogen and oxygen atoms in total. The zero-order chi connectivity index (χ0) is 7.23. The number of hydrogen-bond donors (Lipinski definition) is 0. The van der Waals surface area contributed by atoms with Gasteiger partial charge in [-0.1, -0.05) is 18.7 Å². The van der Waals surface area contributed by atoms with Crippen LogP contribution in [0.25, 0.3) is 0 Å². The Balaban J connectivity index is 2.19. The standard InChI is InChI=1S/C9H14O/c1-2-10-8-9-6-4-3-5-7-9/h2,4,6,9H,1,3,5,7-8H2. The van der Waals surface area contributed by atoms with Crippen LogP contribution in [0.2, 0.25) is 0 Å². The van der Waals surface area contributed by atoms with Crippen LogP contribution in [0.3, 0.4) is 0 Å². The van der Waals surface area contributed by atoms with Crippen molar-refractivity contribution in [2.45, 2.75) is 19.3 Å². The Labute approximate surface area is 62.4 Å². The number of ether oxygens (including phenoxy) is 1. The first-order chi connectivity index (χ1) is 4.93. The fourth-order valence-electron chi connectivity index (χ4n) is 1.21. The van der Waals surface area contributed by atoms with Crippen LogP contribution in [0.4, 0.5) is 0 Å². The average Bonchev–Trinajstić information content (AvgIpc) is 2.03. The topological polar surface area (TPSA) is 9.23 Å². The first-order valence-corrected chi connectivity index (χ1v) is 3.82. The Morgan fingerprint density at radius 3 is 3.20 bits per heavy atom. The fourth-order valence-corrected chi connectivity index (χ4v) is 1.21. The summed E-state index contributed by atoms with van der Waals surface area (Å²) in [7, 11) is 0. The van der Waals surface area contributed by atoms with Gasteiger partial charge >= 0.3 is 0 Å². The number of hydrogen-bond acceptors (Lipinski definition) is 1. The lowest BCUT2D eigenvalue weighted by atomic mass is 9.97. The van der Waals surface area contributed by atoms with Gasteiger partial charge in [0.05, 0.1) is 12.9 Å². The predicted molar refractivity (Wildman–Crippen MR) is 42.6 cm³/mol. The van der Waals surface area contributed by atoms with E-state index in [0.29, 0.717) is 5.92 Å². The quantitative estimate of drug-likeness (QED) is 0.430. The Morgan fingerprint density at radius 1 is 1.70 bits per heavy atom. The molecule has 0 saturated carbocycles. The molecule has 0 spiro atoms. The SMILES string of the molecule is C=COCC1C=CCCC1. The van der Waals surface area contributed by atoms with E-state index in [-0.39, 0.29) is 0 Å².